The number of primary amides is 1. The lowest BCUT2D eigenvalue weighted by molar-refractivity contribution is -0.246. The highest BCUT2D eigenvalue weighted by molar-refractivity contribution is 6.04. The van der Waals surface area contributed by atoms with E-state index in [4.69, 9.17) is 15.7 Å². The van der Waals surface area contributed by atoms with Gasteiger partial charge in [0.2, 0.25) is 5.91 Å². The topological polar surface area (TPSA) is 98.9 Å². The largest absolute Gasteiger partial charge is 0.459 e. The van der Waals surface area contributed by atoms with Crippen LogP contribution in [0.5, 0.6) is 0 Å². The Morgan fingerprint density at radius 1 is 1.19 bits per heavy atom. The number of hydrogen-bond acceptors (Lipinski definition) is 5. The Hall–Kier alpha value is -1.92. The molecule has 0 aliphatic heterocycles. The van der Waals surface area contributed by atoms with Gasteiger partial charge in [-0.2, -0.15) is 0 Å². The molecule has 0 bridgehead atoms. The lowest BCUT2D eigenvalue weighted by atomic mass is 10.1. The molecule has 0 saturated heterocycles. The van der Waals surface area contributed by atoms with E-state index in [1.165, 1.54) is 12.1 Å². The number of esters is 1. The van der Waals surface area contributed by atoms with Gasteiger partial charge in [-0.15, -0.1) is 0 Å². The van der Waals surface area contributed by atoms with E-state index < -0.39 is 11.9 Å². The summed E-state index contributed by atoms with van der Waals surface area (Å²) < 4.78 is 4.73. The fourth-order valence-corrected chi connectivity index (χ4v) is 1.13. The number of carbonyl (C=O) groups is 2. The highest BCUT2D eigenvalue weighted by atomic mass is 17.1. The molecule has 6 heteroatoms. The first kappa shape index (κ1) is 12.2. The van der Waals surface area contributed by atoms with Crippen LogP contribution in [0, 0.1) is 0 Å². The fourth-order valence-electron chi connectivity index (χ4n) is 1.13. The Morgan fingerprint density at radius 3 is 2.38 bits per heavy atom. The van der Waals surface area contributed by atoms with Gasteiger partial charge in [0.05, 0.1) is 11.1 Å². The van der Waals surface area contributed by atoms with Crippen LogP contribution in [0.4, 0.5) is 0 Å². The van der Waals surface area contributed by atoms with Crippen molar-refractivity contribution in [1.29, 1.82) is 0 Å². The second kappa shape index (κ2) is 5.84. The van der Waals surface area contributed by atoms with Crippen LogP contribution in [0.25, 0.3) is 0 Å². The molecule has 1 amide bonds. The van der Waals surface area contributed by atoms with Crippen LogP contribution in [-0.2, 0) is 9.62 Å². The maximum absolute atomic E-state index is 11.5. The molecule has 16 heavy (non-hydrogen) atoms. The molecule has 1 rings (SSSR count). The average Bonchev–Trinajstić information content (AvgIpc) is 2.29. The Morgan fingerprint density at radius 2 is 1.81 bits per heavy atom. The van der Waals surface area contributed by atoms with E-state index in [2.05, 4.69) is 4.89 Å². The minimum Gasteiger partial charge on any atom is -0.459 e. The smallest absolute Gasteiger partial charge is 0.339 e. The van der Waals surface area contributed by atoms with Gasteiger partial charge in [-0.3, -0.25) is 10.1 Å². The Bertz CT molecular complexity index is 391. The van der Waals surface area contributed by atoms with Gasteiger partial charge in [-0.1, -0.05) is 12.1 Å². The molecule has 0 unspecified atom stereocenters. The van der Waals surface area contributed by atoms with E-state index in [1.807, 2.05) is 0 Å². The predicted octanol–water partition coefficient (Wildman–Crippen LogP) is 0.432. The van der Waals surface area contributed by atoms with Crippen molar-refractivity contribution in [2.45, 2.75) is 0 Å². The molecule has 1 aromatic rings. The molecule has 1 aromatic carbocycles. The van der Waals surface area contributed by atoms with Gasteiger partial charge < -0.3 is 10.5 Å². The predicted molar refractivity (Wildman–Crippen MR) is 53.8 cm³/mol. The van der Waals surface area contributed by atoms with Gasteiger partial charge in [0.25, 0.3) is 0 Å². The van der Waals surface area contributed by atoms with E-state index in [-0.39, 0.29) is 24.3 Å². The number of ether oxygens (including phenoxy) is 1. The molecule has 0 spiro atoms. The van der Waals surface area contributed by atoms with E-state index in [9.17, 15) is 9.59 Å². The van der Waals surface area contributed by atoms with Gasteiger partial charge in [0.15, 0.2) is 0 Å². The quantitative estimate of drug-likeness (QED) is 0.327. The van der Waals surface area contributed by atoms with Crippen molar-refractivity contribution in [2.75, 3.05) is 13.2 Å². The van der Waals surface area contributed by atoms with E-state index in [1.54, 1.807) is 12.1 Å². The summed E-state index contributed by atoms with van der Waals surface area (Å²) in [6.45, 7) is -0.243. The molecule has 0 heterocycles. The van der Waals surface area contributed by atoms with Crippen molar-refractivity contribution in [3.8, 4) is 0 Å². The molecule has 0 fully saturated rings. The first-order chi connectivity index (χ1) is 7.66. The number of benzene rings is 1. The van der Waals surface area contributed by atoms with E-state index >= 15 is 0 Å². The van der Waals surface area contributed by atoms with Crippen LogP contribution in [-0.4, -0.2) is 30.3 Å². The maximum Gasteiger partial charge on any atom is 0.339 e. The first-order valence-corrected chi connectivity index (χ1v) is 4.49. The van der Waals surface area contributed by atoms with Crippen LogP contribution < -0.4 is 5.73 Å². The number of rotatable bonds is 5. The summed E-state index contributed by atoms with van der Waals surface area (Å²) >= 11 is 0. The monoisotopic (exact) mass is 225 g/mol. The Balaban J connectivity index is 2.78. The molecule has 0 aliphatic carbocycles. The molecule has 3 N–H and O–H groups in total. The van der Waals surface area contributed by atoms with E-state index in [0.29, 0.717) is 0 Å². The zero-order valence-electron chi connectivity index (χ0n) is 8.38. The third kappa shape index (κ3) is 3.04. The van der Waals surface area contributed by atoms with E-state index in [0.717, 1.165) is 0 Å². The van der Waals surface area contributed by atoms with Crippen molar-refractivity contribution in [2.24, 2.45) is 5.73 Å². The van der Waals surface area contributed by atoms with Crippen molar-refractivity contribution >= 4 is 11.9 Å². The van der Waals surface area contributed by atoms with Gasteiger partial charge >= 0.3 is 5.97 Å². The van der Waals surface area contributed by atoms with Crippen LogP contribution in [0.2, 0.25) is 0 Å². The number of carbonyl (C=O) groups excluding carboxylic acids is 2. The van der Waals surface area contributed by atoms with Crippen LogP contribution in [0.3, 0.4) is 0 Å². The number of amides is 1. The highest BCUT2D eigenvalue weighted by Crippen LogP contribution is 2.09. The summed E-state index contributed by atoms with van der Waals surface area (Å²) in [5.74, 6) is -1.39. The third-order valence-electron chi connectivity index (χ3n) is 1.82. The van der Waals surface area contributed by atoms with Crippen molar-refractivity contribution in [3.63, 3.8) is 0 Å². The van der Waals surface area contributed by atoms with Crippen LogP contribution in [0.1, 0.15) is 20.7 Å². The second-order valence-corrected chi connectivity index (χ2v) is 2.88. The molecular formula is C10H11NO5. The first-order valence-electron chi connectivity index (χ1n) is 4.49. The molecule has 0 aromatic heterocycles. The summed E-state index contributed by atoms with van der Waals surface area (Å²) in [6.07, 6.45) is 0. The van der Waals surface area contributed by atoms with Gasteiger partial charge in [-0.05, 0) is 12.1 Å². The zero-order valence-corrected chi connectivity index (χ0v) is 8.38. The van der Waals surface area contributed by atoms with Gasteiger partial charge in [-0.25, -0.2) is 9.68 Å². The van der Waals surface area contributed by atoms with Gasteiger partial charge in [0, 0.05) is 0 Å². The molecule has 0 atom stereocenters. The molecule has 86 valence electrons. The third-order valence-corrected chi connectivity index (χ3v) is 1.82. The summed E-state index contributed by atoms with van der Waals surface area (Å²) in [5.41, 5.74) is 5.28. The van der Waals surface area contributed by atoms with Crippen molar-refractivity contribution < 1.29 is 24.5 Å². The minimum absolute atomic E-state index is 0.0907. The Kier molecular flexibility index (Phi) is 4.43. The lowest BCUT2D eigenvalue weighted by Crippen LogP contribution is -2.18. The van der Waals surface area contributed by atoms with Crippen LogP contribution in [0.15, 0.2) is 24.3 Å². The minimum atomic E-state index is -0.703. The van der Waals surface area contributed by atoms with Gasteiger partial charge in [0.1, 0.15) is 13.2 Å². The maximum atomic E-state index is 11.5. The Labute approximate surface area is 91.5 Å². The number of hydrogen-bond donors (Lipinski definition) is 2. The lowest BCUT2D eigenvalue weighted by Gasteiger charge is -2.06. The van der Waals surface area contributed by atoms with Crippen molar-refractivity contribution in [1.82, 2.24) is 0 Å². The molecule has 0 radical (unpaired) electrons. The summed E-state index contributed by atoms with van der Waals surface area (Å²) in [4.78, 5) is 26.2. The van der Waals surface area contributed by atoms with Crippen LogP contribution >= 0.6 is 0 Å². The second-order valence-electron chi connectivity index (χ2n) is 2.88. The summed E-state index contributed by atoms with van der Waals surface area (Å²) in [6, 6.07) is 6.04. The number of nitrogens with two attached hydrogens (primary N) is 1. The fraction of sp³-hybridized carbons (Fsp3) is 0.200. The molecule has 6 nitrogen and oxygen atoms in total. The molecular weight excluding hydrogens is 214 g/mol. The summed E-state index contributed by atoms with van der Waals surface area (Å²) in [5, 5.41) is 8.03. The average molecular weight is 225 g/mol. The highest BCUT2D eigenvalue weighted by Gasteiger charge is 2.15. The van der Waals surface area contributed by atoms with Crippen molar-refractivity contribution in [3.05, 3.63) is 35.4 Å². The normalized spacial score (nSPS) is 9.81. The molecule has 0 aliphatic rings. The summed E-state index contributed by atoms with van der Waals surface area (Å²) in [7, 11) is 0. The standard InChI is InChI=1S/C10H11NO5/c11-9(12)7-3-1-2-4-8(7)10(13)15-5-6-16-14/h1-4,14H,5-6H2,(H2,11,12). The SMILES string of the molecule is NC(=O)c1ccccc1C(=O)OCCOO. The molecule has 0 saturated carbocycles. The zero-order chi connectivity index (χ0) is 12.0.